The average Bonchev–Trinajstić information content (AvgIpc) is 2.17. The first-order valence-corrected chi connectivity index (χ1v) is 5.57. The third-order valence-electron chi connectivity index (χ3n) is 3.39. The van der Waals surface area contributed by atoms with Gasteiger partial charge in [-0.2, -0.15) is 0 Å². The van der Waals surface area contributed by atoms with Gasteiger partial charge in [0.2, 0.25) is 0 Å². The molecule has 78 valence electrons. The highest BCUT2D eigenvalue weighted by atomic mass is 16.3. The van der Waals surface area contributed by atoms with Gasteiger partial charge in [0.05, 0.1) is 6.10 Å². The molecule has 1 saturated heterocycles. The van der Waals surface area contributed by atoms with Crippen molar-refractivity contribution >= 4 is 0 Å². The molecule has 0 radical (unpaired) electrons. The van der Waals surface area contributed by atoms with Crippen molar-refractivity contribution in [1.29, 1.82) is 0 Å². The molecule has 0 amide bonds. The number of likely N-dealkylation sites (tertiary alicyclic amines) is 1. The highest BCUT2D eigenvalue weighted by Crippen LogP contribution is 2.21. The maximum Gasteiger partial charge on any atom is 0.0552 e. The maximum absolute atomic E-state index is 9.52. The molecule has 3 atom stereocenters. The first-order valence-electron chi connectivity index (χ1n) is 5.57. The van der Waals surface area contributed by atoms with E-state index in [1.54, 1.807) is 0 Å². The fourth-order valence-corrected chi connectivity index (χ4v) is 2.09. The molecular formula is C11H23NO. The van der Waals surface area contributed by atoms with E-state index in [2.05, 4.69) is 18.7 Å². The zero-order chi connectivity index (χ0) is 9.84. The van der Waals surface area contributed by atoms with Crippen molar-refractivity contribution in [3.05, 3.63) is 0 Å². The molecule has 0 aromatic heterocycles. The number of piperidine rings is 1. The van der Waals surface area contributed by atoms with E-state index in [9.17, 15) is 5.11 Å². The summed E-state index contributed by atoms with van der Waals surface area (Å²) in [6.07, 6.45) is 3.53. The zero-order valence-electron chi connectivity index (χ0n) is 9.16. The van der Waals surface area contributed by atoms with Crippen LogP contribution in [0.25, 0.3) is 0 Å². The van der Waals surface area contributed by atoms with Gasteiger partial charge in [-0.05, 0) is 45.6 Å². The highest BCUT2D eigenvalue weighted by Gasteiger charge is 2.25. The molecule has 1 unspecified atom stereocenters. The Morgan fingerprint density at radius 3 is 2.69 bits per heavy atom. The van der Waals surface area contributed by atoms with E-state index in [0.29, 0.717) is 12.0 Å². The van der Waals surface area contributed by atoms with Gasteiger partial charge in [-0.3, -0.25) is 0 Å². The van der Waals surface area contributed by atoms with E-state index < -0.39 is 0 Å². The summed E-state index contributed by atoms with van der Waals surface area (Å²) in [4.78, 5) is 2.51. The monoisotopic (exact) mass is 185 g/mol. The molecule has 0 bridgehead atoms. The van der Waals surface area contributed by atoms with Crippen LogP contribution in [0.4, 0.5) is 0 Å². The standard InChI is InChI=1S/C11H23NO/c1-4-9(2)12-7-5-6-11(8-12)10(3)13/h9-11,13H,4-8H2,1-3H3/t9?,10-,11-/m1/s1. The number of rotatable bonds is 3. The maximum atomic E-state index is 9.52. The Labute approximate surface area is 81.9 Å². The Morgan fingerprint density at radius 1 is 1.46 bits per heavy atom. The fourth-order valence-electron chi connectivity index (χ4n) is 2.09. The number of nitrogens with zero attached hydrogens (tertiary/aromatic N) is 1. The third kappa shape index (κ3) is 2.96. The van der Waals surface area contributed by atoms with Gasteiger partial charge in [0.15, 0.2) is 0 Å². The van der Waals surface area contributed by atoms with E-state index in [1.165, 1.54) is 25.8 Å². The smallest absolute Gasteiger partial charge is 0.0552 e. The van der Waals surface area contributed by atoms with E-state index >= 15 is 0 Å². The largest absolute Gasteiger partial charge is 0.393 e. The molecule has 0 aromatic rings. The summed E-state index contributed by atoms with van der Waals surface area (Å²) in [7, 11) is 0. The fraction of sp³-hybridized carbons (Fsp3) is 1.00. The van der Waals surface area contributed by atoms with Gasteiger partial charge in [-0.1, -0.05) is 6.92 Å². The third-order valence-corrected chi connectivity index (χ3v) is 3.39. The van der Waals surface area contributed by atoms with Crippen LogP contribution in [0.1, 0.15) is 40.0 Å². The van der Waals surface area contributed by atoms with Crippen LogP contribution in [0, 0.1) is 5.92 Å². The van der Waals surface area contributed by atoms with Crippen LogP contribution >= 0.6 is 0 Å². The molecule has 1 rings (SSSR count). The van der Waals surface area contributed by atoms with E-state index in [-0.39, 0.29) is 6.10 Å². The summed E-state index contributed by atoms with van der Waals surface area (Å²) in [5.41, 5.74) is 0. The van der Waals surface area contributed by atoms with Crippen LogP contribution < -0.4 is 0 Å². The van der Waals surface area contributed by atoms with Crippen molar-refractivity contribution in [2.45, 2.75) is 52.2 Å². The molecule has 13 heavy (non-hydrogen) atoms. The molecular weight excluding hydrogens is 162 g/mol. The Bertz CT molecular complexity index is 147. The summed E-state index contributed by atoms with van der Waals surface area (Å²) in [5.74, 6) is 0.503. The minimum absolute atomic E-state index is 0.133. The van der Waals surface area contributed by atoms with E-state index in [1.807, 2.05) is 6.92 Å². The lowest BCUT2D eigenvalue weighted by Crippen LogP contribution is -2.43. The van der Waals surface area contributed by atoms with Gasteiger partial charge in [-0.15, -0.1) is 0 Å². The van der Waals surface area contributed by atoms with Crippen molar-refractivity contribution in [1.82, 2.24) is 4.90 Å². The molecule has 0 spiro atoms. The molecule has 1 fully saturated rings. The minimum Gasteiger partial charge on any atom is -0.393 e. The SMILES string of the molecule is CCC(C)N1CCC[C@@H]([C@@H](C)O)C1. The van der Waals surface area contributed by atoms with Crippen molar-refractivity contribution in [3.63, 3.8) is 0 Å². The molecule has 2 nitrogen and oxygen atoms in total. The molecule has 1 heterocycles. The average molecular weight is 185 g/mol. The molecule has 1 N–H and O–H groups in total. The predicted octanol–water partition coefficient (Wildman–Crippen LogP) is 1.88. The Balaban J connectivity index is 2.41. The minimum atomic E-state index is -0.133. The van der Waals surface area contributed by atoms with Crippen LogP contribution in [0.15, 0.2) is 0 Å². The van der Waals surface area contributed by atoms with Crippen molar-refractivity contribution in [2.24, 2.45) is 5.92 Å². The summed E-state index contributed by atoms with van der Waals surface area (Å²) in [5, 5.41) is 9.52. The summed E-state index contributed by atoms with van der Waals surface area (Å²) in [6, 6.07) is 0.682. The normalized spacial score (nSPS) is 30.0. The van der Waals surface area contributed by atoms with E-state index in [4.69, 9.17) is 0 Å². The van der Waals surface area contributed by atoms with Crippen molar-refractivity contribution in [2.75, 3.05) is 13.1 Å². The number of aliphatic hydroxyl groups excluding tert-OH is 1. The molecule has 1 aliphatic heterocycles. The molecule has 0 aromatic carbocycles. The second kappa shape index (κ2) is 4.97. The number of hydrogen-bond donors (Lipinski definition) is 1. The molecule has 0 saturated carbocycles. The summed E-state index contributed by atoms with van der Waals surface area (Å²) >= 11 is 0. The second-order valence-corrected chi connectivity index (χ2v) is 4.40. The summed E-state index contributed by atoms with van der Waals surface area (Å²) in [6.45, 7) is 8.75. The second-order valence-electron chi connectivity index (χ2n) is 4.40. The summed E-state index contributed by atoms with van der Waals surface area (Å²) < 4.78 is 0. The molecule has 1 aliphatic rings. The van der Waals surface area contributed by atoms with Gasteiger partial charge in [0.1, 0.15) is 0 Å². The van der Waals surface area contributed by atoms with E-state index in [0.717, 1.165) is 6.54 Å². The first kappa shape index (κ1) is 11.0. The number of hydrogen-bond acceptors (Lipinski definition) is 2. The van der Waals surface area contributed by atoms with Gasteiger partial charge < -0.3 is 10.0 Å². The predicted molar refractivity (Wildman–Crippen MR) is 55.7 cm³/mol. The Hall–Kier alpha value is -0.0800. The van der Waals surface area contributed by atoms with Crippen LogP contribution in [0.3, 0.4) is 0 Å². The topological polar surface area (TPSA) is 23.5 Å². The van der Waals surface area contributed by atoms with Crippen LogP contribution in [-0.2, 0) is 0 Å². The van der Waals surface area contributed by atoms with Crippen LogP contribution in [0.2, 0.25) is 0 Å². The Morgan fingerprint density at radius 2 is 2.15 bits per heavy atom. The van der Waals surface area contributed by atoms with Gasteiger partial charge >= 0.3 is 0 Å². The van der Waals surface area contributed by atoms with Gasteiger partial charge in [0.25, 0.3) is 0 Å². The Kier molecular flexibility index (Phi) is 4.20. The van der Waals surface area contributed by atoms with Gasteiger partial charge in [0, 0.05) is 12.6 Å². The highest BCUT2D eigenvalue weighted by molar-refractivity contribution is 4.78. The van der Waals surface area contributed by atoms with Gasteiger partial charge in [-0.25, -0.2) is 0 Å². The van der Waals surface area contributed by atoms with Crippen LogP contribution in [-0.4, -0.2) is 35.2 Å². The zero-order valence-corrected chi connectivity index (χ0v) is 9.16. The molecule has 0 aliphatic carbocycles. The first-order chi connectivity index (χ1) is 6.15. The van der Waals surface area contributed by atoms with Crippen LogP contribution in [0.5, 0.6) is 0 Å². The lowest BCUT2D eigenvalue weighted by Gasteiger charge is -2.37. The quantitative estimate of drug-likeness (QED) is 0.725. The van der Waals surface area contributed by atoms with Crippen molar-refractivity contribution in [3.8, 4) is 0 Å². The molecule has 2 heteroatoms. The lowest BCUT2D eigenvalue weighted by atomic mass is 9.92. The van der Waals surface area contributed by atoms with Crippen molar-refractivity contribution < 1.29 is 5.11 Å². The lowest BCUT2D eigenvalue weighted by molar-refractivity contribution is 0.0467. The number of aliphatic hydroxyl groups is 1.